The summed E-state index contributed by atoms with van der Waals surface area (Å²) in [5.41, 5.74) is 2.95. The van der Waals surface area contributed by atoms with Gasteiger partial charge in [-0.05, 0) is 44.4 Å². The lowest BCUT2D eigenvalue weighted by atomic mass is 10.1. The number of aryl methyl sites for hydroxylation is 1. The average Bonchev–Trinajstić information content (AvgIpc) is 3.19. The summed E-state index contributed by atoms with van der Waals surface area (Å²) in [6.07, 6.45) is 1.43. The number of hydrogen-bond donors (Lipinski definition) is 1. The molecule has 2 atom stereocenters. The van der Waals surface area contributed by atoms with Crippen molar-refractivity contribution in [3.63, 3.8) is 0 Å². The third kappa shape index (κ3) is 3.62. The van der Waals surface area contributed by atoms with E-state index in [1.165, 1.54) is 4.90 Å². The van der Waals surface area contributed by atoms with Crippen molar-refractivity contribution in [2.75, 3.05) is 18.0 Å². The Hall–Kier alpha value is -3.15. The molecule has 2 aliphatic rings. The van der Waals surface area contributed by atoms with Gasteiger partial charge in [0.1, 0.15) is 12.6 Å². The molecule has 2 aliphatic heterocycles. The van der Waals surface area contributed by atoms with Gasteiger partial charge in [0.15, 0.2) is 0 Å². The zero-order chi connectivity index (χ0) is 20.5. The first-order valence-electron chi connectivity index (χ1n) is 10.0. The van der Waals surface area contributed by atoms with E-state index in [4.69, 9.17) is 0 Å². The van der Waals surface area contributed by atoms with E-state index in [1.807, 2.05) is 56.3 Å². The second-order valence-corrected chi connectivity index (χ2v) is 7.80. The lowest BCUT2D eigenvalue weighted by molar-refractivity contribution is -0.126. The van der Waals surface area contributed by atoms with Crippen LogP contribution in [0, 0.1) is 6.92 Å². The third-order valence-corrected chi connectivity index (χ3v) is 5.72. The average molecular weight is 391 g/mol. The van der Waals surface area contributed by atoms with E-state index < -0.39 is 6.04 Å². The van der Waals surface area contributed by atoms with Crippen LogP contribution in [0.4, 0.5) is 5.69 Å². The molecule has 6 heteroatoms. The van der Waals surface area contributed by atoms with Crippen molar-refractivity contribution < 1.29 is 14.4 Å². The Kier molecular flexibility index (Phi) is 5.09. The van der Waals surface area contributed by atoms with Crippen molar-refractivity contribution in [2.45, 2.75) is 38.8 Å². The molecule has 150 valence electrons. The molecule has 0 aromatic heterocycles. The van der Waals surface area contributed by atoms with Gasteiger partial charge in [0.05, 0.1) is 17.3 Å². The van der Waals surface area contributed by atoms with E-state index in [-0.39, 0.29) is 30.3 Å². The summed E-state index contributed by atoms with van der Waals surface area (Å²) in [4.78, 5) is 42.3. The maximum Gasteiger partial charge on any atom is 0.256 e. The highest BCUT2D eigenvalue weighted by molar-refractivity contribution is 6.12. The van der Waals surface area contributed by atoms with Crippen LogP contribution in [0.5, 0.6) is 0 Å². The smallest absolute Gasteiger partial charge is 0.256 e. The monoisotopic (exact) mass is 391 g/mol. The van der Waals surface area contributed by atoms with Gasteiger partial charge in [0, 0.05) is 6.54 Å². The van der Waals surface area contributed by atoms with Gasteiger partial charge in [-0.3, -0.25) is 14.4 Å². The first kappa shape index (κ1) is 19.2. The Balaban J connectivity index is 1.61. The van der Waals surface area contributed by atoms with Gasteiger partial charge in [-0.15, -0.1) is 0 Å². The van der Waals surface area contributed by atoms with E-state index in [9.17, 15) is 14.4 Å². The second kappa shape index (κ2) is 7.70. The maximum absolute atomic E-state index is 13.3. The molecule has 3 amide bonds. The standard InChI is InChI=1S/C23H25N3O3/c1-15-10-11-19-18(13-15)22(28)25-12-6-9-20(25)23(29)26(19)14-21(27)24-16(2)17-7-4-3-5-8-17/h3-5,7-8,10-11,13,16,20H,6,9,12,14H2,1-2H3,(H,24,27)/t16-,20+/m0/s1. The van der Waals surface area contributed by atoms with Gasteiger partial charge in [0.2, 0.25) is 11.8 Å². The number of rotatable bonds is 4. The van der Waals surface area contributed by atoms with Gasteiger partial charge in [0.25, 0.3) is 5.91 Å². The normalized spacial score (nSPS) is 19.4. The number of carbonyl (C=O) groups is 3. The quantitative estimate of drug-likeness (QED) is 0.871. The summed E-state index contributed by atoms with van der Waals surface area (Å²) in [7, 11) is 0. The molecule has 2 heterocycles. The Bertz CT molecular complexity index is 957. The summed E-state index contributed by atoms with van der Waals surface area (Å²) in [6, 6.07) is 14.5. The van der Waals surface area contributed by atoms with Crippen LogP contribution in [0.3, 0.4) is 0 Å². The van der Waals surface area contributed by atoms with E-state index in [1.54, 1.807) is 11.0 Å². The molecular weight excluding hydrogens is 366 g/mol. The minimum absolute atomic E-state index is 0.107. The van der Waals surface area contributed by atoms with Crippen LogP contribution in [-0.2, 0) is 9.59 Å². The molecule has 0 radical (unpaired) electrons. The fraction of sp³-hybridized carbons (Fsp3) is 0.348. The molecule has 0 unspecified atom stereocenters. The van der Waals surface area contributed by atoms with Crippen molar-refractivity contribution in [3.8, 4) is 0 Å². The van der Waals surface area contributed by atoms with Crippen molar-refractivity contribution in [2.24, 2.45) is 0 Å². The molecule has 0 saturated carbocycles. The molecular formula is C23H25N3O3. The molecule has 0 aliphatic carbocycles. The summed E-state index contributed by atoms with van der Waals surface area (Å²) < 4.78 is 0. The highest BCUT2D eigenvalue weighted by Gasteiger charge is 2.42. The van der Waals surface area contributed by atoms with Crippen LogP contribution in [0.15, 0.2) is 48.5 Å². The molecule has 2 aromatic carbocycles. The Morgan fingerprint density at radius 2 is 1.93 bits per heavy atom. The zero-order valence-corrected chi connectivity index (χ0v) is 16.7. The van der Waals surface area contributed by atoms with Crippen LogP contribution in [0.2, 0.25) is 0 Å². The number of benzene rings is 2. The summed E-state index contributed by atoms with van der Waals surface area (Å²) in [5.74, 6) is -0.554. The largest absolute Gasteiger partial charge is 0.348 e. The highest BCUT2D eigenvalue weighted by Crippen LogP contribution is 2.33. The molecule has 6 nitrogen and oxygen atoms in total. The minimum atomic E-state index is -0.491. The number of hydrogen-bond acceptors (Lipinski definition) is 3. The predicted octanol–water partition coefficient (Wildman–Crippen LogP) is 2.82. The zero-order valence-electron chi connectivity index (χ0n) is 16.7. The number of fused-ring (bicyclic) bond motifs is 2. The van der Waals surface area contributed by atoms with Crippen LogP contribution in [-0.4, -0.2) is 41.8 Å². The van der Waals surface area contributed by atoms with E-state index in [2.05, 4.69) is 5.32 Å². The topological polar surface area (TPSA) is 69.7 Å². The fourth-order valence-corrected chi connectivity index (χ4v) is 4.20. The predicted molar refractivity (Wildman–Crippen MR) is 111 cm³/mol. The van der Waals surface area contributed by atoms with Gasteiger partial charge in [-0.1, -0.05) is 42.0 Å². The Morgan fingerprint density at radius 1 is 1.17 bits per heavy atom. The lowest BCUT2D eigenvalue weighted by Crippen LogP contribution is -2.48. The molecule has 29 heavy (non-hydrogen) atoms. The maximum atomic E-state index is 13.3. The van der Waals surface area contributed by atoms with Gasteiger partial charge in [-0.25, -0.2) is 0 Å². The van der Waals surface area contributed by atoms with Crippen molar-refractivity contribution >= 4 is 23.4 Å². The van der Waals surface area contributed by atoms with E-state index in [0.29, 0.717) is 24.2 Å². The van der Waals surface area contributed by atoms with Crippen molar-refractivity contribution in [1.29, 1.82) is 0 Å². The molecule has 1 fully saturated rings. The molecule has 4 rings (SSSR count). The first-order chi connectivity index (χ1) is 14.0. The second-order valence-electron chi connectivity index (χ2n) is 7.80. The van der Waals surface area contributed by atoms with Gasteiger partial charge >= 0.3 is 0 Å². The van der Waals surface area contributed by atoms with Crippen molar-refractivity contribution in [3.05, 3.63) is 65.2 Å². The number of anilines is 1. The van der Waals surface area contributed by atoms with E-state index in [0.717, 1.165) is 17.5 Å². The Labute approximate surface area is 170 Å². The molecule has 2 aromatic rings. The van der Waals surface area contributed by atoms with Gasteiger partial charge < -0.3 is 15.1 Å². The van der Waals surface area contributed by atoms with Crippen LogP contribution >= 0.6 is 0 Å². The third-order valence-electron chi connectivity index (χ3n) is 5.72. The lowest BCUT2D eigenvalue weighted by Gasteiger charge is -2.26. The number of nitrogens with one attached hydrogen (secondary N) is 1. The fourth-order valence-electron chi connectivity index (χ4n) is 4.20. The van der Waals surface area contributed by atoms with Crippen molar-refractivity contribution in [1.82, 2.24) is 10.2 Å². The van der Waals surface area contributed by atoms with Crippen LogP contribution < -0.4 is 10.2 Å². The molecule has 0 spiro atoms. The van der Waals surface area contributed by atoms with Gasteiger partial charge in [-0.2, -0.15) is 0 Å². The molecule has 0 bridgehead atoms. The van der Waals surface area contributed by atoms with Crippen LogP contribution in [0.1, 0.15) is 47.3 Å². The highest BCUT2D eigenvalue weighted by atomic mass is 16.2. The number of carbonyl (C=O) groups excluding carboxylic acids is 3. The van der Waals surface area contributed by atoms with Crippen LogP contribution in [0.25, 0.3) is 0 Å². The minimum Gasteiger partial charge on any atom is -0.348 e. The number of amides is 3. The summed E-state index contributed by atoms with van der Waals surface area (Å²) in [5, 5.41) is 2.97. The SMILES string of the molecule is Cc1ccc2c(c1)C(=O)N1CCC[C@@H]1C(=O)N2CC(=O)N[C@@H](C)c1ccccc1. The Morgan fingerprint density at radius 3 is 2.69 bits per heavy atom. The molecule has 1 saturated heterocycles. The summed E-state index contributed by atoms with van der Waals surface area (Å²) in [6.45, 7) is 4.30. The number of nitrogens with zero attached hydrogens (tertiary/aromatic N) is 2. The summed E-state index contributed by atoms with van der Waals surface area (Å²) >= 11 is 0. The van der Waals surface area contributed by atoms with E-state index >= 15 is 0 Å². The first-order valence-corrected chi connectivity index (χ1v) is 10.0. The molecule has 1 N–H and O–H groups in total.